The predicted octanol–water partition coefficient (Wildman–Crippen LogP) is 2.17. The van der Waals surface area contributed by atoms with Crippen molar-refractivity contribution in [2.75, 3.05) is 39.3 Å². The molecule has 0 aromatic carbocycles. The summed E-state index contributed by atoms with van der Waals surface area (Å²) in [6, 6.07) is 0.726. The van der Waals surface area contributed by atoms with Crippen LogP contribution in [-0.2, 0) is 0 Å². The van der Waals surface area contributed by atoms with Gasteiger partial charge in [-0.25, -0.2) is 0 Å². The number of nitrogens with zero attached hydrogens (tertiary/aromatic N) is 2. The molecule has 1 fully saturated rings. The highest BCUT2D eigenvalue weighted by molar-refractivity contribution is 4.78. The second-order valence-electron chi connectivity index (χ2n) is 6.60. The molecule has 0 aliphatic carbocycles. The number of unbranched alkanes of at least 4 members (excludes halogenated alkanes) is 1. The summed E-state index contributed by atoms with van der Waals surface area (Å²) >= 11 is 0. The van der Waals surface area contributed by atoms with Gasteiger partial charge in [-0.05, 0) is 44.8 Å². The molecular formula is C15H33N3. The van der Waals surface area contributed by atoms with Gasteiger partial charge in [0.1, 0.15) is 0 Å². The zero-order valence-electron chi connectivity index (χ0n) is 12.9. The first-order chi connectivity index (χ1) is 8.48. The number of likely N-dealkylation sites (N-methyl/N-ethyl adjacent to an activating group) is 1. The SMILES string of the molecule is CCN1CCN(CCCCC(C)(C)CN)CC1C. The van der Waals surface area contributed by atoms with Crippen LogP contribution in [0.3, 0.4) is 0 Å². The van der Waals surface area contributed by atoms with Crippen LogP contribution in [0, 0.1) is 5.41 Å². The van der Waals surface area contributed by atoms with E-state index in [9.17, 15) is 0 Å². The Morgan fingerprint density at radius 2 is 1.94 bits per heavy atom. The Kier molecular flexibility index (Phi) is 6.61. The van der Waals surface area contributed by atoms with Crippen molar-refractivity contribution in [3.8, 4) is 0 Å². The van der Waals surface area contributed by atoms with E-state index in [4.69, 9.17) is 5.73 Å². The van der Waals surface area contributed by atoms with Crippen LogP contribution in [0.15, 0.2) is 0 Å². The third kappa shape index (κ3) is 5.25. The van der Waals surface area contributed by atoms with E-state index >= 15 is 0 Å². The normalized spacial score (nSPS) is 23.5. The topological polar surface area (TPSA) is 32.5 Å². The molecule has 108 valence electrons. The lowest BCUT2D eigenvalue weighted by molar-refractivity contribution is 0.0863. The second-order valence-corrected chi connectivity index (χ2v) is 6.60. The zero-order chi connectivity index (χ0) is 13.6. The van der Waals surface area contributed by atoms with Gasteiger partial charge in [0, 0.05) is 25.7 Å². The summed E-state index contributed by atoms with van der Waals surface area (Å²) in [5.41, 5.74) is 6.09. The van der Waals surface area contributed by atoms with E-state index in [-0.39, 0.29) is 0 Å². The molecule has 0 radical (unpaired) electrons. The monoisotopic (exact) mass is 255 g/mol. The lowest BCUT2D eigenvalue weighted by Gasteiger charge is -2.39. The van der Waals surface area contributed by atoms with Gasteiger partial charge in [-0.1, -0.05) is 27.2 Å². The average molecular weight is 255 g/mol. The molecule has 1 atom stereocenters. The van der Waals surface area contributed by atoms with Crippen molar-refractivity contribution in [2.24, 2.45) is 11.1 Å². The van der Waals surface area contributed by atoms with Crippen LogP contribution < -0.4 is 5.73 Å². The molecule has 1 heterocycles. The van der Waals surface area contributed by atoms with Crippen molar-refractivity contribution >= 4 is 0 Å². The molecule has 1 rings (SSSR count). The molecule has 3 heteroatoms. The highest BCUT2D eigenvalue weighted by Gasteiger charge is 2.22. The maximum atomic E-state index is 5.76. The van der Waals surface area contributed by atoms with E-state index in [0.717, 1.165) is 12.6 Å². The Labute approximate surface area is 114 Å². The van der Waals surface area contributed by atoms with Gasteiger partial charge in [-0.3, -0.25) is 4.90 Å². The summed E-state index contributed by atoms with van der Waals surface area (Å²) in [6.07, 6.45) is 3.89. The van der Waals surface area contributed by atoms with Crippen LogP contribution in [-0.4, -0.2) is 55.1 Å². The van der Waals surface area contributed by atoms with Gasteiger partial charge in [0.2, 0.25) is 0 Å². The van der Waals surface area contributed by atoms with Crippen molar-refractivity contribution in [2.45, 2.75) is 53.0 Å². The Morgan fingerprint density at radius 1 is 1.22 bits per heavy atom. The molecule has 0 bridgehead atoms. The van der Waals surface area contributed by atoms with Crippen LogP contribution in [0.1, 0.15) is 47.0 Å². The summed E-state index contributed by atoms with van der Waals surface area (Å²) in [5.74, 6) is 0. The van der Waals surface area contributed by atoms with Crippen molar-refractivity contribution < 1.29 is 0 Å². The number of piperazine rings is 1. The molecule has 1 aliphatic rings. The maximum absolute atomic E-state index is 5.76. The third-order valence-electron chi connectivity index (χ3n) is 4.39. The molecule has 1 saturated heterocycles. The fourth-order valence-electron chi connectivity index (χ4n) is 2.78. The van der Waals surface area contributed by atoms with Crippen molar-refractivity contribution in [1.29, 1.82) is 0 Å². The molecule has 0 saturated carbocycles. The van der Waals surface area contributed by atoms with Crippen LogP contribution in [0.5, 0.6) is 0 Å². The van der Waals surface area contributed by atoms with Crippen LogP contribution in [0.4, 0.5) is 0 Å². The first-order valence-electron chi connectivity index (χ1n) is 7.65. The van der Waals surface area contributed by atoms with E-state index in [0.29, 0.717) is 5.41 Å². The predicted molar refractivity (Wildman–Crippen MR) is 79.8 cm³/mol. The molecular weight excluding hydrogens is 222 g/mol. The maximum Gasteiger partial charge on any atom is 0.0195 e. The number of hydrogen-bond donors (Lipinski definition) is 1. The van der Waals surface area contributed by atoms with Crippen LogP contribution >= 0.6 is 0 Å². The quantitative estimate of drug-likeness (QED) is 0.708. The molecule has 0 spiro atoms. The molecule has 0 amide bonds. The van der Waals surface area contributed by atoms with Crippen LogP contribution in [0.2, 0.25) is 0 Å². The Balaban J connectivity index is 2.14. The molecule has 0 aromatic heterocycles. The molecule has 0 aromatic rings. The minimum atomic E-state index is 0.328. The van der Waals surface area contributed by atoms with Crippen LogP contribution in [0.25, 0.3) is 0 Å². The lowest BCUT2D eigenvalue weighted by atomic mass is 9.87. The van der Waals surface area contributed by atoms with Gasteiger partial charge < -0.3 is 10.6 Å². The van der Waals surface area contributed by atoms with Gasteiger partial charge in [-0.2, -0.15) is 0 Å². The first kappa shape index (κ1) is 15.9. The fourth-order valence-corrected chi connectivity index (χ4v) is 2.78. The largest absolute Gasteiger partial charge is 0.330 e. The third-order valence-corrected chi connectivity index (χ3v) is 4.39. The van der Waals surface area contributed by atoms with Gasteiger partial charge in [0.25, 0.3) is 0 Å². The lowest BCUT2D eigenvalue weighted by Crippen LogP contribution is -2.51. The summed E-state index contributed by atoms with van der Waals surface area (Å²) < 4.78 is 0. The van der Waals surface area contributed by atoms with E-state index < -0.39 is 0 Å². The minimum Gasteiger partial charge on any atom is -0.330 e. The Morgan fingerprint density at radius 3 is 2.50 bits per heavy atom. The molecule has 2 N–H and O–H groups in total. The number of nitrogens with two attached hydrogens (primary N) is 1. The highest BCUT2D eigenvalue weighted by atomic mass is 15.3. The minimum absolute atomic E-state index is 0.328. The Bertz CT molecular complexity index is 228. The van der Waals surface area contributed by atoms with Gasteiger partial charge in [0.05, 0.1) is 0 Å². The van der Waals surface area contributed by atoms with Gasteiger partial charge in [-0.15, -0.1) is 0 Å². The molecule has 3 nitrogen and oxygen atoms in total. The number of rotatable bonds is 7. The molecule has 18 heavy (non-hydrogen) atoms. The van der Waals surface area contributed by atoms with Gasteiger partial charge >= 0.3 is 0 Å². The van der Waals surface area contributed by atoms with E-state index in [2.05, 4.69) is 37.5 Å². The Hall–Kier alpha value is -0.120. The van der Waals surface area contributed by atoms with E-state index in [1.54, 1.807) is 0 Å². The molecule has 1 unspecified atom stereocenters. The number of hydrogen-bond acceptors (Lipinski definition) is 3. The standard InChI is InChI=1S/C15H33N3/c1-5-18-11-10-17(12-14(18)2)9-7-6-8-15(3,4)13-16/h14H,5-13,16H2,1-4H3. The molecule has 1 aliphatic heterocycles. The average Bonchev–Trinajstić information content (AvgIpc) is 2.35. The van der Waals surface area contributed by atoms with E-state index in [1.165, 1.54) is 52.0 Å². The van der Waals surface area contributed by atoms with Crippen molar-refractivity contribution in [1.82, 2.24) is 9.80 Å². The highest BCUT2D eigenvalue weighted by Crippen LogP contribution is 2.21. The van der Waals surface area contributed by atoms with Gasteiger partial charge in [0.15, 0.2) is 0 Å². The summed E-state index contributed by atoms with van der Waals surface area (Å²) in [7, 11) is 0. The zero-order valence-corrected chi connectivity index (χ0v) is 12.9. The summed E-state index contributed by atoms with van der Waals surface area (Å²) in [5, 5.41) is 0. The second kappa shape index (κ2) is 7.46. The fraction of sp³-hybridized carbons (Fsp3) is 1.00. The van der Waals surface area contributed by atoms with Crippen molar-refractivity contribution in [3.63, 3.8) is 0 Å². The summed E-state index contributed by atoms with van der Waals surface area (Å²) in [6.45, 7) is 16.2. The smallest absolute Gasteiger partial charge is 0.0195 e. The van der Waals surface area contributed by atoms with E-state index in [1.807, 2.05) is 0 Å². The van der Waals surface area contributed by atoms with Crippen molar-refractivity contribution in [3.05, 3.63) is 0 Å². The first-order valence-corrected chi connectivity index (χ1v) is 7.65. The summed E-state index contributed by atoms with van der Waals surface area (Å²) in [4.78, 5) is 5.21.